The number of hydrogen-bond acceptors (Lipinski definition) is 6. The number of nitrogens with zero attached hydrogens (tertiary/aromatic N) is 2. The van der Waals surface area contributed by atoms with E-state index in [9.17, 15) is 19.4 Å². The molecule has 0 saturated heterocycles. The molecule has 0 amide bonds. The van der Waals surface area contributed by atoms with Crippen molar-refractivity contribution in [1.82, 2.24) is 4.98 Å². The number of halogens is 1. The van der Waals surface area contributed by atoms with Gasteiger partial charge in [0.15, 0.2) is 5.13 Å². The van der Waals surface area contributed by atoms with Gasteiger partial charge < -0.3 is 19.8 Å². The van der Waals surface area contributed by atoms with Crippen LogP contribution in [0.3, 0.4) is 0 Å². The molecule has 0 unspecified atom stereocenters. The normalized spacial score (nSPS) is 11.0. The maximum atomic E-state index is 14.4. The Morgan fingerprint density at radius 1 is 0.974 bits per heavy atom. The van der Waals surface area contributed by atoms with Crippen molar-refractivity contribution in [2.75, 3.05) is 18.6 Å². The summed E-state index contributed by atoms with van der Waals surface area (Å²) in [6.07, 6.45) is 0.766. The van der Waals surface area contributed by atoms with Crippen LogP contribution >= 0.6 is 11.3 Å². The summed E-state index contributed by atoms with van der Waals surface area (Å²) in [6, 6.07) is 24.9. The first kappa shape index (κ1) is 25.2. The van der Waals surface area contributed by atoms with Crippen LogP contribution in [0.4, 0.5) is 9.52 Å². The zero-order valence-electron chi connectivity index (χ0n) is 20.6. The fourth-order valence-electron chi connectivity index (χ4n) is 4.26. The average Bonchev–Trinajstić information content (AvgIpc) is 3.37. The number of ether oxygens (including phenoxy) is 1. The first-order valence-corrected chi connectivity index (χ1v) is 12.8. The van der Waals surface area contributed by atoms with Gasteiger partial charge in [-0.3, -0.25) is 0 Å². The predicted molar refractivity (Wildman–Crippen MR) is 148 cm³/mol. The van der Waals surface area contributed by atoms with Crippen LogP contribution in [-0.2, 0) is 13.0 Å². The second-order valence-electron chi connectivity index (χ2n) is 8.87. The Labute approximate surface area is 223 Å². The van der Waals surface area contributed by atoms with Gasteiger partial charge in [-0.2, -0.15) is 0 Å². The largest absolute Gasteiger partial charge is 0.508 e. The lowest BCUT2D eigenvalue weighted by Crippen LogP contribution is -2.25. The van der Waals surface area contributed by atoms with Gasteiger partial charge in [0, 0.05) is 13.1 Å². The molecule has 8 heteroatoms. The van der Waals surface area contributed by atoms with E-state index >= 15 is 0 Å². The molecule has 0 saturated carbocycles. The number of hydrogen-bond donors (Lipinski definition) is 2. The summed E-state index contributed by atoms with van der Waals surface area (Å²) >= 11 is 1.33. The Morgan fingerprint density at radius 3 is 2.39 bits per heavy atom. The number of aromatic carboxylic acids is 1. The third-order valence-electron chi connectivity index (χ3n) is 6.28. The van der Waals surface area contributed by atoms with Crippen molar-refractivity contribution in [3.8, 4) is 22.6 Å². The highest BCUT2D eigenvalue weighted by atomic mass is 32.1. The van der Waals surface area contributed by atoms with Crippen LogP contribution in [0.25, 0.3) is 21.3 Å². The van der Waals surface area contributed by atoms with E-state index in [2.05, 4.69) is 4.90 Å². The van der Waals surface area contributed by atoms with Crippen LogP contribution in [0.1, 0.15) is 21.5 Å². The minimum absolute atomic E-state index is 0.0249. The molecule has 1 heterocycles. The standard InChI is InChI=1S/C30H25FN2O4S/c1-37-25-11-7-19(8-12-25)13-14-33(30-32-27-4-2-3-26(31)28(27)38-30)18-20-5-9-21(10-6-20)22-15-23(29(35)36)17-24(34)16-22/h2-12,15-17,34H,13-14,18H2,1H3,(H,35,36). The summed E-state index contributed by atoms with van der Waals surface area (Å²) in [7, 11) is 1.64. The van der Waals surface area contributed by atoms with Crippen LogP contribution < -0.4 is 9.64 Å². The van der Waals surface area contributed by atoms with E-state index in [0.717, 1.165) is 34.0 Å². The van der Waals surface area contributed by atoms with Gasteiger partial charge in [0.05, 0.1) is 22.9 Å². The van der Waals surface area contributed by atoms with Crippen LogP contribution in [0.5, 0.6) is 11.5 Å². The number of aromatic nitrogens is 1. The maximum absolute atomic E-state index is 14.4. The number of rotatable bonds is 9. The molecule has 2 N–H and O–H groups in total. The number of methoxy groups -OCH3 is 1. The van der Waals surface area contributed by atoms with E-state index in [1.165, 1.54) is 35.6 Å². The molecule has 0 aliphatic carbocycles. The van der Waals surface area contributed by atoms with E-state index in [1.807, 2.05) is 54.6 Å². The number of thiazole rings is 1. The van der Waals surface area contributed by atoms with Crippen LogP contribution in [-0.4, -0.2) is 34.8 Å². The molecule has 1 aromatic heterocycles. The summed E-state index contributed by atoms with van der Waals surface area (Å²) < 4.78 is 20.2. The van der Waals surface area contributed by atoms with Gasteiger partial charge in [-0.25, -0.2) is 14.2 Å². The highest BCUT2D eigenvalue weighted by Gasteiger charge is 2.16. The lowest BCUT2D eigenvalue weighted by atomic mass is 10.0. The van der Waals surface area contributed by atoms with Crippen molar-refractivity contribution in [3.63, 3.8) is 0 Å². The Bertz CT molecular complexity index is 1580. The van der Waals surface area contributed by atoms with Crippen LogP contribution in [0, 0.1) is 5.82 Å². The molecule has 38 heavy (non-hydrogen) atoms. The Kier molecular flexibility index (Phi) is 7.24. The minimum Gasteiger partial charge on any atom is -0.508 e. The second-order valence-corrected chi connectivity index (χ2v) is 9.85. The molecule has 0 radical (unpaired) electrons. The van der Waals surface area contributed by atoms with Crippen LogP contribution in [0.15, 0.2) is 84.9 Å². The second kappa shape index (κ2) is 10.9. The van der Waals surface area contributed by atoms with Crippen molar-refractivity contribution >= 4 is 32.7 Å². The summed E-state index contributed by atoms with van der Waals surface area (Å²) in [5, 5.41) is 20.0. The Hall–Kier alpha value is -4.43. The van der Waals surface area contributed by atoms with E-state index in [0.29, 0.717) is 28.9 Å². The molecule has 0 aliphatic rings. The smallest absolute Gasteiger partial charge is 0.335 e. The molecule has 0 fully saturated rings. The summed E-state index contributed by atoms with van der Waals surface area (Å²) in [6.45, 7) is 1.22. The third-order valence-corrected chi connectivity index (χ3v) is 7.42. The molecular weight excluding hydrogens is 503 g/mol. The molecule has 0 bridgehead atoms. The number of carboxylic acid groups (broad SMARTS) is 1. The number of carboxylic acids is 1. The lowest BCUT2D eigenvalue weighted by molar-refractivity contribution is 0.0696. The molecule has 0 aliphatic heterocycles. The van der Waals surface area contributed by atoms with Crippen molar-refractivity contribution in [2.45, 2.75) is 13.0 Å². The molecule has 6 nitrogen and oxygen atoms in total. The topological polar surface area (TPSA) is 82.9 Å². The summed E-state index contributed by atoms with van der Waals surface area (Å²) in [5.41, 5.74) is 4.23. The van der Waals surface area contributed by atoms with E-state index in [4.69, 9.17) is 9.72 Å². The fourth-order valence-corrected chi connectivity index (χ4v) is 5.26. The first-order valence-electron chi connectivity index (χ1n) is 12.0. The number of aromatic hydroxyl groups is 1. The fraction of sp³-hybridized carbons (Fsp3) is 0.133. The van der Waals surface area contributed by atoms with E-state index in [-0.39, 0.29) is 17.1 Å². The monoisotopic (exact) mass is 528 g/mol. The van der Waals surface area contributed by atoms with Gasteiger partial charge in [0.25, 0.3) is 0 Å². The van der Waals surface area contributed by atoms with Crippen molar-refractivity contribution in [3.05, 3.63) is 107 Å². The average molecular weight is 529 g/mol. The van der Waals surface area contributed by atoms with Crippen molar-refractivity contribution in [1.29, 1.82) is 0 Å². The number of carbonyl (C=O) groups is 1. The van der Waals surface area contributed by atoms with Crippen LogP contribution in [0.2, 0.25) is 0 Å². The van der Waals surface area contributed by atoms with Gasteiger partial charge in [0.2, 0.25) is 0 Å². The third kappa shape index (κ3) is 5.60. The number of fused-ring (bicyclic) bond motifs is 1. The summed E-state index contributed by atoms with van der Waals surface area (Å²) in [4.78, 5) is 18.2. The highest BCUT2D eigenvalue weighted by Crippen LogP contribution is 2.32. The Balaban J connectivity index is 1.41. The molecular formula is C30H25FN2O4S. The first-order chi connectivity index (χ1) is 18.4. The zero-order chi connectivity index (χ0) is 26.6. The SMILES string of the molecule is COc1ccc(CCN(Cc2ccc(-c3cc(O)cc(C(=O)O)c3)cc2)c2nc3cccc(F)c3s2)cc1. The highest BCUT2D eigenvalue weighted by molar-refractivity contribution is 7.22. The Morgan fingerprint density at radius 2 is 1.71 bits per heavy atom. The zero-order valence-corrected chi connectivity index (χ0v) is 21.4. The number of benzene rings is 4. The molecule has 5 aromatic rings. The molecule has 5 rings (SSSR count). The maximum Gasteiger partial charge on any atom is 0.335 e. The summed E-state index contributed by atoms with van der Waals surface area (Å²) in [5.74, 6) is -0.678. The molecule has 0 spiro atoms. The number of phenols is 1. The molecule has 0 atom stereocenters. The van der Waals surface area contributed by atoms with Gasteiger partial charge in [0.1, 0.15) is 17.3 Å². The van der Waals surface area contributed by atoms with Crippen molar-refractivity contribution < 1.29 is 24.1 Å². The minimum atomic E-state index is -1.10. The van der Waals surface area contributed by atoms with Gasteiger partial charge in [-0.1, -0.05) is 53.8 Å². The van der Waals surface area contributed by atoms with Crippen molar-refractivity contribution in [2.24, 2.45) is 0 Å². The number of anilines is 1. The van der Waals surface area contributed by atoms with Gasteiger partial charge in [-0.05, 0) is 71.1 Å². The predicted octanol–water partition coefficient (Wildman–Crippen LogP) is 6.76. The van der Waals surface area contributed by atoms with E-state index in [1.54, 1.807) is 13.2 Å². The lowest BCUT2D eigenvalue weighted by Gasteiger charge is -2.22. The quantitative estimate of drug-likeness (QED) is 0.220. The molecule has 192 valence electrons. The van der Waals surface area contributed by atoms with Gasteiger partial charge in [-0.15, -0.1) is 0 Å². The molecule has 4 aromatic carbocycles. The van der Waals surface area contributed by atoms with Gasteiger partial charge >= 0.3 is 5.97 Å². The van der Waals surface area contributed by atoms with E-state index < -0.39 is 5.97 Å². The number of phenolic OH excluding ortho intramolecular Hbond substituents is 1.